The molecular formula is C17H21N5O2S. The molecule has 0 unspecified atom stereocenters. The lowest BCUT2D eigenvalue weighted by atomic mass is 10.2. The third kappa shape index (κ3) is 3.63. The minimum Gasteiger partial charge on any atom is -0.351 e. The van der Waals surface area contributed by atoms with Crippen LogP contribution in [0.3, 0.4) is 0 Å². The van der Waals surface area contributed by atoms with Crippen LogP contribution >= 0.6 is 11.3 Å². The molecule has 0 spiro atoms. The number of nitrogens with zero attached hydrogens (tertiary/aromatic N) is 4. The van der Waals surface area contributed by atoms with Crippen LogP contribution in [0.1, 0.15) is 46.6 Å². The summed E-state index contributed by atoms with van der Waals surface area (Å²) < 4.78 is 2.93. The van der Waals surface area contributed by atoms with Gasteiger partial charge in [-0.1, -0.05) is 19.9 Å². The smallest absolute Gasteiger partial charge is 0.350 e. The maximum Gasteiger partial charge on any atom is 0.350 e. The quantitative estimate of drug-likeness (QED) is 0.684. The summed E-state index contributed by atoms with van der Waals surface area (Å²) in [6.45, 7) is 6.92. The number of amides is 1. The van der Waals surface area contributed by atoms with E-state index in [2.05, 4.69) is 29.2 Å². The summed E-state index contributed by atoms with van der Waals surface area (Å²) in [6.07, 6.45) is 2.33. The van der Waals surface area contributed by atoms with E-state index in [1.54, 1.807) is 18.3 Å². The molecule has 0 saturated heterocycles. The van der Waals surface area contributed by atoms with Gasteiger partial charge in [-0.2, -0.15) is 0 Å². The number of aromatic nitrogens is 4. The normalized spacial score (nSPS) is 11.4. The first-order valence-corrected chi connectivity index (χ1v) is 9.08. The molecule has 0 fully saturated rings. The van der Waals surface area contributed by atoms with Crippen molar-refractivity contribution < 1.29 is 4.79 Å². The molecule has 0 radical (unpaired) electrons. The summed E-state index contributed by atoms with van der Waals surface area (Å²) in [7, 11) is 0. The third-order valence-corrected chi connectivity index (χ3v) is 5.29. The number of thiazole rings is 1. The minimum atomic E-state index is -0.165. The average Bonchev–Trinajstić information content (AvgIpc) is 3.13. The molecule has 1 amide bonds. The number of aryl methyl sites for hydroxylation is 2. The van der Waals surface area contributed by atoms with E-state index in [0.29, 0.717) is 36.0 Å². The zero-order valence-electron chi connectivity index (χ0n) is 14.5. The van der Waals surface area contributed by atoms with Gasteiger partial charge in [-0.25, -0.2) is 14.5 Å². The Morgan fingerprint density at radius 2 is 2.16 bits per heavy atom. The van der Waals surface area contributed by atoms with Crippen LogP contribution < -0.4 is 11.0 Å². The molecule has 7 nitrogen and oxygen atoms in total. The Morgan fingerprint density at radius 1 is 1.36 bits per heavy atom. The van der Waals surface area contributed by atoms with Crippen LogP contribution in [0.15, 0.2) is 29.2 Å². The molecule has 0 aliphatic carbocycles. The lowest BCUT2D eigenvalue weighted by Crippen LogP contribution is -2.27. The second-order valence-corrected chi connectivity index (χ2v) is 7.20. The van der Waals surface area contributed by atoms with E-state index in [-0.39, 0.29) is 11.6 Å². The van der Waals surface area contributed by atoms with Gasteiger partial charge in [0.25, 0.3) is 5.91 Å². The average molecular weight is 359 g/mol. The monoisotopic (exact) mass is 359 g/mol. The largest absolute Gasteiger partial charge is 0.351 e. The van der Waals surface area contributed by atoms with E-state index in [1.807, 2.05) is 13.0 Å². The van der Waals surface area contributed by atoms with E-state index in [9.17, 15) is 9.59 Å². The Hall–Kier alpha value is -2.48. The Kier molecular flexibility index (Phi) is 4.98. The molecule has 0 saturated carbocycles. The van der Waals surface area contributed by atoms with Gasteiger partial charge >= 0.3 is 5.69 Å². The van der Waals surface area contributed by atoms with Gasteiger partial charge in [0.05, 0.1) is 10.7 Å². The van der Waals surface area contributed by atoms with Gasteiger partial charge in [0.2, 0.25) is 0 Å². The summed E-state index contributed by atoms with van der Waals surface area (Å²) in [5.41, 5.74) is 1.22. The highest BCUT2D eigenvalue weighted by atomic mass is 32.1. The minimum absolute atomic E-state index is 0.107. The summed E-state index contributed by atoms with van der Waals surface area (Å²) in [6, 6.07) is 5.43. The van der Waals surface area contributed by atoms with Crippen molar-refractivity contribution >= 4 is 22.9 Å². The van der Waals surface area contributed by atoms with Crippen LogP contribution in [0.2, 0.25) is 0 Å². The number of pyridine rings is 1. The topological polar surface area (TPSA) is 81.3 Å². The molecule has 3 aromatic heterocycles. The Labute approximate surface area is 149 Å². The van der Waals surface area contributed by atoms with Gasteiger partial charge in [-0.15, -0.1) is 16.4 Å². The van der Waals surface area contributed by atoms with Gasteiger partial charge < -0.3 is 5.32 Å². The van der Waals surface area contributed by atoms with Gasteiger partial charge in [0.15, 0.2) is 5.65 Å². The summed E-state index contributed by atoms with van der Waals surface area (Å²) >= 11 is 1.44. The van der Waals surface area contributed by atoms with Crippen LogP contribution in [0.5, 0.6) is 0 Å². The SMILES string of the molecule is Cc1nc(C(C)C)sc1C(=O)NCCCn1nc2ccccn2c1=O. The fourth-order valence-electron chi connectivity index (χ4n) is 2.50. The first-order chi connectivity index (χ1) is 12.0. The van der Waals surface area contributed by atoms with Crippen molar-refractivity contribution in [1.29, 1.82) is 0 Å². The lowest BCUT2D eigenvalue weighted by Gasteiger charge is -2.03. The molecule has 0 bridgehead atoms. The standard InChI is InChI=1S/C17H21N5O2S/c1-11(2)16-19-12(3)14(25-16)15(23)18-8-6-10-22-17(24)21-9-5-4-7-13(21)20-22/h4-5,7,9,11H,6,8,10H2,1-3H3,(H,18,23). The fraction of sp³-hybridized carbons (Fsp3) is 0.412. The number of nitrogens with one attached hydrogen (secondary N) is 1. The number of carbonyl (C=O) groups is 1. The molecule has 132 valence electrons. The molecule has 0 aliphatic rings. The fourth-order valence-corrected chi connectivity index (χ4v) is 3.49. The summed E-state index contributed by atoms with van der Waals surface area (Å²) in [4.78, 5) is 29.6. The Balaban J connectivity index is 1.57. The second kappa shape index (κ2) is 7.18. The predicted molar refractivity (Wildman–Crippen MR) is 97.3 cm³/mol. The van der Waals surface area contributed by atoms with Crippen LogP contribution in [-0.2, 0) is 6.54 Å². The number of fused-ring (bicyclic) bond motifs is 1. The van der Waals surface area contributed by atoms with Crippen LogP contribution in [0, 0.1) is 6.92 Å². The van der Waals surface area contributed by atoms with Crippen molar-refractivity contribution in [1.82, 2.24) is 24.5 Å². The molecule has 3 rings (SSSR count). The Morgan fingerprint density at radius 3 is 2.84 bits per heavy atom. The van der Waals surface area contributed by atoms with Crippen LogP contribution in [0.4, 0.5) is 0 Å². The molecule has 3 aromatic rings. The highest BCUT2D eigenvalue weighted by molar-refractivity contribution is 7.13. The molecule has 25 heavy (non-hydrogen) atoms. The van der Waals surface area contributed by atoms with Gasteiger partial charge in [0.1, 0.15) is 4.88 Å². The first-order valence-electron chi connectivity index (χ1n) is 8.27. The zero-order chi connectivity index (χ0) is 18.0. The number of carbonyl (C=O) groups excluding carboxylic acids is 1. The molecule has 0 aliphatic heterocycles. The maximum atomic E-state index is 12.3. The van der Waals surface area contributed by atoms with Gasteiger partial charge in [-0.3, -0.25) is 9.20 Å². The van der Waals surface area contributed by atoms with E-state index >= 15 is 0 Å². The predicted octanol–water partition coefficient (Wildman–Crippen LogP) is 2.20. The molecule has 0 atom stereocenters. The van der Waals surface area contributed by atoms with Crippen LogP contribution in [0.25, 0.3) is 5.65 Å². The second-order valence-electron chi connectivity index (χ2n) is 6.17. The van der Waals surface area contributed by atoms with E-state index in [1.165, 1.54) is 20.4 Å². The van der Waals surface area contributed by atoms with Gasteiger partial charge in [-0.05, 0) is 25.5 Å². The molecule has 8 heteroatoms. The Bertz CT molecular complexity index is 954. The summed E-state index contributed by atoms with van der Waals surface area (Å²) in [5.74, 6) is 0.205. The van der Waals surface area contributed by atoms with E-state index < -0.39 is 0 Å². The van der Waals surface area contributed by atoms with Gasteiger partial charge in [0, 0.05) is 25.2 Å². The van der Waals surface area contributed by atoms with E-state index in [0.717, 1.165) is 10.7 Å². The van der Waals surface area contributed by atoms with Crippen molar-refractivity contribution in [2.24, 2.45) is 0 Å². The molecule has 3 heterocycles. The molecule has 1 N–H and O–H groups in total. The van der Waals surface area contributed by atoms with Crippen LogP contribution in [-0.4, -0.2) is 31.6 Å². The molecule has 0 aromatic carbocycles. The van der Waals surface area contributed by atoms with Crippen molar-refractivity contribution in [2.75, 3.05) is 6.54 Å². The number of hydrogen-bond acceptors (Lipinski definition) is 5. The third-order valence-electron chi connectivity index (χ3n) is 3.83. The lowest BCUT2D eigenvalue weighted by molar-refractivity contribution is 0.0956. The number of rotatable bonds is 6. The van der Waals surface area contributed by atoms with Crippen molar-refractivity contribution in [3.8, 4) is 0 Å². The highest BCUT2D eigenvalue weighted by Gasteiger charge is 2.16. The van der Waals surface area contributed by atoms with Crippen molar-refractivity contribution in [3.05, 3.63) is 50.5 Å². The molecular weight excluding hydrogens is 338 g/mol. The van der Waals surface area contributed by atoms with E-state index in [4.69, 9.17) is 0 Å². The highest BCUT2D eigenvalue weighted by Crippen LogP contribution is 2.24. The maximum absolute atomic E-state index is 12.3. The zero-order valence-corrected chi connectivity index (χ0v) is 15.3. The summed E-state index contributed by atoms with van der Waals surface area (Å²) in [5, 5.41) is 8.14. The first kappa shape index (κ1) is 17.3. The van der Waals surface area contributed by atoms with Crippen molar-refractivity contribution in [3.63, 3.8) is 0 Å². The number of hydrogen-bond donors (Lipinski definition) is 1. The van der Waals surface area contributed by atoms with Crippen molar-refractivity contribution in [2.45, 2.75) is 39.7 Å².